The highest BCUT2D eigenvalue weighted by atomic mass is 35.5. The van der Waals surface area contributed by atoms with Gasteiger partial charge in [0.05, 0.1) is 23.1 Å². The molecule has 0 unspecified atom stereocenters. The Labute approximate surface area is 193 Å². The molecule has 0 fully saturated rings. The van der Waals surface area contributed by atoms with Crippen molar-refractivity contribution in [3.05, 3.63) is 59.2 Å². The van der Waals surface area contributed by atoms with Crippen molar-refractivity contribution in [2.45, 2.75) is 0 Å². The van der Waals surface area contributed by atoms with Crippen LogP contribution < -0.4 is 20.7 Å². The number of carbonyl (C=O) groups excluding carboxylic acids is 3. The third-order valence-corrected chi connectivity index (χ3v) is 4.92. The number of nitrogens with one attached hydrogen (secondary N) is 3. The van der Waals surface area contributed by atoms with Crippen molar-refractivity contribution in [1.29, 1.82) is 0 Å². The molecule has 0 saturated heterocycles. The van der Waals surface area contributed by atoms with Crippen LogP contribution in [0.1, 0.15) is 10.4 Å². The first-order valence-electron chi connectivity index (χ1n) is 9.80. The maximum absolute atomic E-state index is 12.6. The number of amides is 2. The van der Waals surface area contributed by atoms with Crippen LogP contribution in [0.2, 0.25) is 5.02 Å². The minimum atomic E-state index is -0.659. The van der Waals surface area contributed by atoms with Gasteiger partial charge in [-0.1, -0.05) is 23.7 Å². The molecule has 0 bridgehead atoms. The summed E-state index contributed by atoms with van der Waals surface area (Å²) in [7, 11) is 3.02. The van der Waals surface area contributed by atoms with Gasteiger partial charge in [-0.25, -0.2) is 4.98 Å². The van der Waals surface area contributed by atoms with Gasteiger partial charge in [-0.2, -0.15) is 4.98 Å². The van der Waals surface area contributed by atoms with Crippen LogP contribution in [-0.2, 0) is 9.59 Å². The maximum atomic E-state index is 12.6. The number of ether oxygens (including phenoxy) is 1. The zero-order valence-electron chi connectivity index (χ0n) is 17.7. The summed E-state index contributed by atoms with van der Waals surface area (Å²) in [5.74, 6) is -0.530. The van der Waals surface area contributed by atoms with Gasteiger partial charge in [0.25, 0.3) is 17.6 Å². The maximum Gasteiger partial charge on any atom is 0.294 e. The number of anilines is 5. The van der Waals surface area contributed by atoms with Gasteiger partial charge in [0, 0.05) is 25.8 Å². The first kappa shape index (κ1) is 22.0. The molecule has 0 aliphatic carbocycles. The summed E-state index contributed by atoms with van der Waals surface area (Å²) < 4.78 is 5.42. The molecular formula is C22H19ClN6O4. The number of carbonyl (C=O) groups is 3. The first-order valence-corrected chi connectivity index (χ1v) is 10.2. The molecule has 3 aromatic rings. The number of hydrogen-bond acceptors (Lipinski definition) is 8. The number of nitrogens with zero attached hydrogens (tertiary/aromatic N) is 3. The molecule has 2 heterocycles. The number of hydrogen-bond donors (Lipinski definition) is 3. The highest BCUT2D eigenvalue weighted by molar-refractivity contribution is 6.43. The average Bonchev–Trinajstić information content (AvgIpc) is 2.80. The quantitative estimate of drug-likeness (QED) is 0.373. The summed E-state index contributed by atoms with van der Waals surface area (Å²) in [5.41, 5.74) is 1.77. The molecular weight excluding hydrogens is 448 g/mol. The number of benzene rings is 2. The van der Waals surface area contributed by atoms with Crippen LogP contribution >= 0.6 is 11.6 Å². The first-order chi connectivity index (χ1) is 15.8. The minimum Gasteiger partial charge on any atom is -0.482 e. The van der Waals surface area contributed by atoms with Gasteiger partial charge < -0.3 is 25.6 Å². The Morgan fingerprint density at radius 3 is 2.73 bits per heavy atom. The summed E-state index contributed by atoms with van der Waals surface area (Å²) in [4.78, 5) is 45.9. The summed E-state index contributed by atoms with van der Waals surface area (Å²) in [6, 6.07) is 11.7. The zero-order valence-corrected chi connectivity index (χ0v) is 18.4. The normalized spacial score (nSPS) is 12.2. The van der Waals surface area contributed by atoms with Crippen LogP contribution in [0.25, 0.3) is 0 Å². The van der Waals surface area contributed by atoms with Crippen molar-refractivity contribution in [3.8, 4) is 5.75 Å². The molecule has 11 heteroatoms. The van der Waals surface area contributed by atoms with E-state index >= 15 is 0 Å². The van der Waals surface area contributed by atoms with Crippen LogP contribution in [0.3, 0.4) is 0 Å². The zero-order chi connectivity index (χ0) is 23.5. The number of ketones is 1. The fourth-order valence-corrected chi connectivity index (χ4v) is 3.17. The molecule has 4 rings (SSSR count). The average molecular weight is 467 g/mol. The molecule has 0 spiro atoms. The van der Waals surface area contributed by atoms with Gasteiger partial charge >= 0.3 is 0 Å². The van der Waals surface area contributed by atoms with Crippen molar-refractivity contribution < 1.29 is 19.1 Å². The number of likely N-dealkylation sites (N-methyl/N-ethyl adjacent to an activating group) is 1. The fraction of sp³-hybridized carbons (Fsp3) is 0.136. The summed E-state index contributed by atoms with van der Waals surface area (Å²) in [5, 5.41) is 9.00. The number of fused-ring (bicyclic) bond motifs is 1. The molecule has 33 heavy (non-hydrogen) atoms. The van der Waals surface area contributed by atoms with Crippen molar-refractivity contribution >= 4 is 58.0 Å². The standard InChI is InChI=1S/C22H19ClN6O4/c1-29(2)21(32)19(31)13-5-3-4-6-15(13)27-20-14(23)10-24-22(28-20)25-12-7-8-16-17(9-12)33-11-18(30)26-16/h3-10H,11H2,1-2H3,(H,26,30)(H2,24,25,27,28). The molecule has 10 nitrogen and oxygen atoms in total. The fourth-order valence-electron chi connectivity index (χ4n) is 3.03. The Kier molecular flexibility index (Phi) is 6.09. The second kappa shape index (κ2) is 9.13. The van der Waals surface area contributed by atoms with E-state index in [1.165, 1.54) is 25.2 Å². The predicted octanol–water partition coefficient (Wildman–Crippen LogP) is 3.22. The van der Waals surface area contributed by atoms with Crippen LogP contribution in [0.15, 0.2) is 48.7 Å². The third-order valence-electron chi connectivity index (χ3n) is 4.64. The van der Waals surface area contributed by atoms with Gasteiger partial charge in [0.2, 0.25) is 5.95 Å². The van der Waals surface area contributed by atoms with E-state index in [0.29, 0.717) is 22.8 Å². The molecule has 2 aromatic carbocycles. The smallest absolute Gasteiger partial charge is 0.294 e. The van der Waals surface area contributed by atoms with Crippen LogP contribution in [0.5, 0.6) is 5.75 Å². The molecule has 0 saturated carbocycles. The highest BCUT2D eigenvalue weighted by Gasteiger charge is 2.22. The SMILES string of the molecule is CN(C)C(=O)C(=O)c1ccccc1Nc1nc(Nc2ccc3c(c2)OCC(=O)N3)ncc1Cl. The van der Waals surface area contributed by atoms with E-state index in [-0.39, 0.29) is 34.9 Å². The second-order valence-electron chi connectivity index (χ2n) is 7.26. The summed E-state index contributed by atoms with van der Waals surface area (Å²) >= 11 is 6.27. The Bertz CT molecular complexity index is 1260. The lowest BCUT2D eigenvalue weighted by Gasteiger charge is -2.18. The molecule has 2 amide bonds. The molecule has 1 aliphatic heterocycles. The topological polar surface area (TPSA) is 126 Å². The van der Waals surface area contributed by atoms with Crippen LogP contribution in [0, 0.1) is 0 Å². The molecule has 1 aliphatic rings. The van der Waals surface area contributed by atoms with E-state index in [0.717, 1.165) is 0 Å². The number of halogens is 1. The lowest BCUT2D eigenvalue weighted by Crippen LogP contribution is -2.30. The lowest BCUT2D eigenvalue weighted by molar-refractivity contribution is -0.124. The van der Waals surface area contributed by atoms with E-state index < -0.39 is 11.7 Å². The number of Topliss-reactive ketones (excluding diaryl/α,β-unsaturated/α-hetero) is 1. The molecule has 0 atom stereocenters. The van der Waals surface area contributed by atoms with Gasteiger partial charge in [-0.3, -0.25) is 14.4 Å². The number of aromatic nitrogens is 2. The largest absolute Gasteiger partial charge is 0.482 e. The third kappa shape index (κ3) is 4.85. The van der Waals surface area contributed by atoms with E-state index in [1.807, 2.05) is 0 Å². The Hall–Kier alpha value is -4.18. The molecule has 168 valence electrons. The van der Waals surface area contributed by atoms with E-state index in [1.54, 1.807) is 42.5 Å². The van der Waals surface area contributed by atoms with Gasteiger partial charge in [0.1, 0.15) is 10.8 Å². The van der Waals surface area contributed by atoms with Gasteiger partial charge in [-0.05, 0) is 24.3 Å². The van der Waals surface area contributed by atoms with Crippen molar-refractivity contribution in [3.63, 3.8) is 0 Å². The van der Waals surface area contributed by atoms with Crippen LogP contribution in [0.4, 0.5) is 28.8 Å². The molecule has 0 radical (unpaired) electrons. The van der Waals surface area contributed by atoms with Gasteiger partial charge in [0.15, 0.2) is 12.4 Å². The number of rotatable bonds is 6. The van der Waals surface area contributed by atoms with Crippen molar-refractivity contribution in [2.24, 2.45) is 0 Å². The molecule has 1 aromatic heterocycles. The van der Waals surface area contributed by atoms with Crippen molar-refractivity contribution in [2.75, 3.05) is 36.7 Å². The summed E-state index contributed by atoms with van der Waals surface area (Å²) in [6.07, 6.45) is 1.41. The Balaban J connectivity index is 1.58. The highest BCUT2D eigenvalue weighted by Crippen LogP contribution is 2.32. The Morgan fingerprint density at radius 2 is 1.94 bits per heavy atom. The summed E-state index contributed by atoms with van der Waals surface area (Å²) in [6.45, 7) is -0.0591. The van der Waals surface area contributed by atoms with E-state index in [2.05, 4.69) is 25.9 Å². The Morgan fingerprint density at radius 1 is 1.15 bits per heavy atom. The monoisotopic (exact) mass is 466 g/mol. The molecule has 3 N–H and O–H groups in total. The lowest BCUT2D eigenvalue weighted by atomic mass is 10.1. The van der Waals surface area contributed by atoms with E-state index in [9.17, 15) is 14.4 Å². The second-order valence-corrected chi connectivity index (χ2v) is 7.67. The van der Waals surface area contributed by atoms with Crippen LogP contribution in [-0.4, -0.2) is 53.2 Å². The van der Waals surface area contributed by atoms with Gasteiger partial charge in [-0.15, -0.1) is 0 Å². The number of para-hydroxylation sites is 1. The van der Waals surface area contributed by atoms with E-state index in [4.69, 9.17) is 16.3 Å². The van der Waals surface area contributed by atoms with Crippen molar-refractivity contribution in [1.82, 2.24) is 14.9 Å². The predicted molar refractivity (Wildman–Crippen MR) is 124 cm³/mol. The minimum absolute atomic E-state index is 0.0591.